The zero-order valence-electron chi connectivity index (χ0n) is 14.1. The zero-order valence-corrected chi connectivity index (χ0v) is 14.9. The molecular formula is C18H21N5OS. The molecule has 4 atom stereocenters. The van der Waals surface area contributed by atoms with Crippen LogP contribution >= 0.6 is 11.3 Å². The fraction of sp³-hybridized carbons (Fsp3) is 0.500. The second-order valence-electron chi connectivity index (χ2n) is 7.28. The molecule has 0 radical (unpaired) electrons. The van der Waals surface area contributed by atoms with Gasteiger partial charge in [0.05, 0.1) is 29.5 Å². The molecule has 0 bridgehead atoms. The first-order chi connectivity index (χ1) is 12.2. The molecule has 5 rings (SSSR count). The number of fused-ring (bicyclic) bond motifs is 2. The third kappa shape index (κ3) is 2.53. The van der Waals surface area contributed by atoms with E-state index in [4.69, 9.17) is 0 Å². The predicted molar refractivity (Wildman–Crippen MR) is 97.8 cm³/mol. The van der Waals surface area contributed by atoms with Gasteiger partial charge in [0, 0.05) is 13.1 Å². The van der Waals surface area contributed by atoms with Gasteiger partial charge in [0.1, 0.15) is 5.01 Å². The van der Waals surface area contributed by atoms with Crippen LogP contribution in [0.4, 0.5) is 5.13 Å². The predicted octanol–water partition coefficient (Wildman–Crippen LogP) is 2.64. The highest BCUT2D eigenvalue weighted by Gasteiger charge is 2.43. The van der Waals surface area contributed by atoms with E-state index in [0.29, 0.717) is 11.8 Å². The molecule has 130 valence electrons. The SMILES string of the molecule is Cc1nnc(N2C[C@H]3C[C@@H](n4cnc5ccccc54)[C@H](O)C[C@H]3C2)s1. The van der Waals surface area contributed by atoms with E-state index in [9.17, 15) is 5.11 Å². The van der Waals surface area contributed by atoms with Gasteiger partial charge in [0.15, 0.2) is 0 Å². The third-order valence-electron chi connectivity index (χ3n) is 5.73. The molecule has 0 spiro atoms. The first-order valence-corrected chi connectivity index (χ1v) is 9.65. The molecule has 3 aromatic rings. The van der Waals surface area contributed by atoms with Gasteiger partial charge in [-0.15, -0.1) is 10.2 Å². The molecule has 1 saturated carbocycles. The van der Waals surface area contributed by atoms with Gasteiger partial charge in [0.2, 0.25) is 5.13 Å². The number of hydrogen-bond donors (Lipinski definition) is 1. The summed E-state index contributed by atoms with van der Waals surface area (Å²) in [7, 11) is 0. The molecule has 1 aromatic carbocycles. The molecule has 1 saturated heterocycles. The van der Waals surface area contributed by atoms with E-state index in [1.807, 2.05) is 31.5 Å². The highest BCUT2D eigenvalue weighted by Crippen LogP contribution is 2.43. The summed E-state index contributed by atoms with van der Waals surface area (Å²) in [6, 6.07) is 8.26. The molecule has 1 aliphatic carbocycles. The molecule has 0 unspecified atom stereocenters. The van der Waals surface area contributed by atoms with Crippen LogP contribution in [0.1, 0.15) is 23.9 Å². The van der Waals surface area contributed by atoms with Crippen molar-refractivity contribution in [3.8, 4) is 0 Å². The second-order valence-corrected chi connectivity index (χ2v) is 8.44. The minimum Gasteiger partial charge on any atom is -0.391 e. The van der Waals surface area contributed by atoms with E-state index in [1.54, 1.807) is 11.3 Å². The van der Waals surface area contributed by atoms with Gasteiger partial charge in [-0.1, -0.05) is 23.5 Å². The lowest BCUT2D eigenvalue weighted by Gasteiger charge is -2.36. The Morgan fingerprint density at radius 2 is 1.92 bits per heavy atom. The summed E-state index contributed by atoms with van der Waals surface area (Å²) >= 11 is 1.66. The summed E-state index contributed by atoms with van der Waals surface area (Å²) in [6.07, 6.45) is 3.39. The van der Waals surface area contributed by atoms with Crippen molar-refractivity contribution in [3.05, 3.63) is 35.6 Å². The van der Waals surface area contributed by atoms with Crippen molar-refractivity contribution in [2.24, 2.45) is 11.8 Å². The average molecular weight is 355 g/mol. The number of aliphatic hydroxyl groups is 1. The number of anilines is 1. The van der Waals surface area contributed by atoms with E-state index >= 15 is 0 Å². The van der Waals surface area contributed by atoms with E-state index in [-0.39, 0.29) is 12.1 Å². The number of nitrogens with zero attached hydrogens (tertiary/aromatic N) is 5. The van der Waals surface area contributed by atoms with Gasteiger partial charge < -0.3 is 14.6 Å². The Kier molecular flexibility index (Phi) is 3.53. The van der Waals surface area contributed by atoms with Crippen molar-refractivity contribution < 1.29 is 5.11 Å². The number of para-hydroxylation sites is 2. The third-order valence-corrected chi connectivity index (χ3v) is 6.63. The lowest BCUT2D eigenvalue weighted by molar-refractivity contribution is 0.0375. The summed E-state index contributed by atoms with van der Waals surface area (Å²) in [4.78, 5) is 6.85. The Balaban J connectivity index is 1.40. The van der Waals surface area contributed by atoms with Crippen molar-refractivity contribution in [2.75, 3.05) is 18.0 Å². The largest absolute Gasteiger partial charge is 0.391 e. The zero-order chi connectivity index (χ0) is 17.0. The van der Waals surface area contributed by atoms with Crippen molar-refractivity contribution >= 4 is 27.5 Å². The minimum atomic E-state index is -0.324. The number of rotatable bonds is 2. The Hall–Kier alpha value is -1.99. The fourth-order valence-corrected chi connectivity index (χ4v) is 5.22. The normalized spacial score (nSPS) is 29.3. The molecule has 7 heteroatoms. The summed E-state index contributed by atoms with van der Waals surface area (Å²) in [6.45, 7) is 3.98. The van der Waals surface area contributed by atoms with Crippen LogP contribution < -0.4 is 4.90 Å². The van der Waals surface area contributed by atoms with Gasteiger partial charge in [0.25, 0.3) is 0 Å². The number of benzene rings is 1. The second kappa shape index (κ2) is 5.78. The Bertz CT molecular complexity index is 906. The maximum absolute atomic E-state index is 10.8. The average Bonchev–Trinajstić information content (AvgIpc) is 3.31. The van der Waals surface area contributed by atoms with Gasteiger partial charge in [-0.3, -0.25) is 0 Å². The van der Waals surface area contributed by atoms with Gasteiger partial charge in [-0.05, 0) is 43.7 Å². The summed E-state index contributed by atoms with van der Waals surface area (Å²) in [5, 5.41) is 21.3. The van der Waals surface area contributed by atoms with Gasteiger partial charge in [-0.25, -0.2) is 4.98 Å². The van der Waals surface area contributed by atoms with Crippen molar-refractivity contribution in [3.63, 3.8) is 0 Å². The van der Waals surface area contributed by atoms with Crippen LogP contribution in [0.3, 0.4) is 0 Å². The molecular weight excluding hydrogens is 334 g/mol. The number of imidazole rings is 1. The van der Waals surface area contributed by atoms with Crippen LogP contribution in [-0.4, -0.2) is 44.0 Å². The van der Waals surface area contributed by atoms with Gasteiger partial charge >= 0.3 is 0 Å². The van der Waals surface area contributed by atoms with Crippen LogP contribution in [0.25, 0.3) is 11.0 Å². The quantitative estimate of drug-likeness (QED) is 0.765. The Morgan fingerprint density at radius 1 is 1.12 bits per heavy atom. The maximum Gasteiger partial charge on any atom is 0.208 e. The van der Waals surface area contributed by atoms with Crippen LogP contribution in [0, 0.1) is 18.8 Å². The molecule has 2 fully saturated rings. The first-order valence-electron chi connectivity index (χ1n) is 8.84. The first kappa shape index (κ1) is 15.3. The molecule has 6 nitrogen and oxygen atoms in total. The summed E-state index contributed by atoms with van der Waals surface area (Å²) < 4.78 is 2.17. The Morgan fingerprint density at radius 3 is 2.72 bits per heavy atom. The van der Waals surface area contributed by atoms with E-state index < -0.39 is 0 Å². The monoisotopic (exact) mass is 355 g/mol. The van der Waals surface area contributed by atoms with E-state index in [0.717, 1.165) is 47.1 Å². The molecule has 2 aliphatic rings. The van der Waals surface area contributed by atoms with E-state index in [2.05, 4.69) is 30.7 Å². The van der Waals surface area contributed by atoms with Crippen molar-refractivity contribution in [1.82, 2.24) is 19.7 Å². The summed E-state index contributed by atoms with van der Waals surface area (Å²) in [5.41, 5.74) is 2.11. The van der Waals surface area contributed by atoms with Crippen molar-refractivity contribution in [2.45, 2.75) is 31.9 Å². The molecule has 2 aromatic heterocycles. The molecule has 3 heterocycles. The number of aliphatic hydroxyl groups excluding tert-OH is 1. The smallest absolute Gasteiger partial charge is 0.208 e. The summed E-state index contributed by atoms with van der Waals surface area (Å²) in [5.74, 6) is 1.11. The van der Waals surface area contributed by atoms with Crippen LogP contribution in [0.15, 0.2) is 30.6 Å². The van der Waals surface area contributed by atoms with Gasteiger partial charge in [-0.2, -0.15) is 0 Å². The van der Waals surface area contributed by atoms with Crippen LogP contribution in [0.5, 0.6) is 0 Å². The lowest BCUT2D eigenvalue weighted by Crippen LogP contribution is -2.36. The highest BCUT2D eigenvalue weighted by molar-refractivity contribution is 7.15. The molecule has 25 heavy (non-hydrogen) atoms. The van der Waals surface area contributed by atoms with Crippen molar-refractivity contribution in [1.29, 1.82) is 0 Å². The number of hydrogen-bond acceptors (Lipinski definition) is 6. The fourth-order valence-electron chi connectivity index (χ4n) is 4.52. The lowest BCUT2D eigenvalue weighted by atomic mass is 9.77. The molecule has 1 N–H and O–H groups in total. The molecule has 1 aliphatic heterocycles. The highest BCUT2D eigenvalue weighted by atomic mass is 32.1. The number of aromatic nitrogens is 4. The van der Waals surface area contributed by atoms with Crippen LogP contribution in [0.2, 0.25) is 0 Å². The van der Waals surface area contributed by atoms with E-state index in [1.165, 1.54) is 0 Å². The van der Waals surface area contributed by atoms with Crippen LogP contribution in [-0.2, 0) is 0 Å². The maximum atomic E-state index is 10.8. The standard InChI is InChI=1S/C18H21N5OS/c1-11-20-21-18(25-11)22-8-12-6-16(17(24)7-13(12)9-22)23-10-19-14-4-2-3-5-15(14)23/h2-5,10,12-13,16-17,24H,6-9H2,1H3/t12-,13+,16-,17-/m1/s1. The molecule has 0 amide bonds. The Labute approximate surface area is 150 Å². The number of aryl methyl sites for hydroxylation is 1. The topological polar surface area (TPSA) is 67.1 Å². The minimum absolute atomic E-state index is 0.102.